The topological polar surface area (TPSA) is 45.7 Å². The minimum atomic E-state index is -4.58. The molecule has 25 heavy (non-hydrogen) atoms. The largest absolute Gasteiger partial charge is 0.497 e. The minimum absolute atomic E-state index is 0. The van der Waals surface area contributed by atoms with Crippen LogP contribution in [0.4, 0.5) is 26.3 Å². The number of hydrogen-bond acceptors (Lipinski definition) is 2. The Balaban J connectivity index is 0.00000576. The lowest BCUT2D eigenvalue weighted by Crippen LogP contribution is -2.38. The van der Waals surface area contributed by atoms with Gasteiger partial charge in [0.1, 0.15) is 5.75 Å². The van der Waals surface area contributed by atoms with Gasteiger partial charge >= 0.3 is 12.4 Å². The number of nitrogens with zero attached hydrogens (tertiary/aromatic N) is 1. The predicted molar refractivity (Wildman–Crippen MR) is 92.3 cm³/mol. The Hall–Kier alpha value is -1.40. The third-order valence-corrected chi connectivity index (χ3v) is 2.99. The van der Waals surface area contributed by atoms with Gasteiger partial charge in [-0.05, 0) is 17.7 Å². The lowest BCUT2D eigenvalue weighted by molar-refractivity contribution is -0.138. The fourth-order valence-corrected chi connectivity index (χ4v) is 1.82. The summed E-state index contributed by atoms with van der Waals surface area (Å²) in [7, 11) is 2.56. The van der Waals surface area contributed by atoms with E-state index in [4.69, 9.17) is 4.74 Å². The van der Waals surface area contributed by atoms with Crippen LogP contribution >= 0.6 is 24.0 Å². The van der Waals surface area contributed by atoms with E-state index in [0.29, 0.717) is 0 Å². The van der Waals surface area contributed by atoms with E-state index in [1.165, 1.54) is 26.3 Å². The Kier molecular flexibility index (Phi) is 9.37. The molecule has 144 valence electrons. The lowest BCUT2D eigenvalue weighted by Gasteiger charge is -2.17. The summed E-state index contributed by atoms with van der Waals surface area (Å²) in [6.45, 7) is -0.692. The van der Waals surface area contributed by atoms with Crippen molar-refractivity contribution in [2.45, 2.75) is 25.3 Å². The third kappa shape index (κ3) is 8.50. The Bertz CT molecular complexity index is 575. The summed E-state index contributed by atoms with van der Waals surface area (Å²) < 4.78 is 80.2. The van der Waals surface area contributed by atoms with Crippen molar-refractivity contribution in [2.75, 3.05) is 20.7 Å². The van der Waals surface area contributed by atoms with E-state index in [1.807, 2.05) is 0 Å². The standard InChI is InChI=1S/C14H17F6N3O.HI/c1-21-12(22-6-5-13(15,16)17)23-8-9-3-4-10(24-2)7-11(9)14(18,19)20;/h3-4,7H,5-6,8H2,1-2H3,(H2,21,22,23);1H. The van der Waals surface area contributed by atoms with Crippen LogP contribution in [0.2, 0.25) is 0 Å². The fourth-order valence-electron chi connectivity index (χ4n) is 1.82. The van der Waals surface area contributed by atoms with Crippen LogP contribution in [-0.2, 0) is 12.7 Å². The number of benzene rings is 1. The van der Waals surface area contributed by atoms with Gasteiger partial charge in [-0.2, -0.15) is 26.3 Å². The van der Waals surface area contributed by atoms with Crippen molar-refractivity contribution in [1.82, 2.24) is 10.6 Å². The maximum Gasteiger partial charge on any atom is 0.416 e. The Labute approximate surface area is 158 Å². The van der Waals surface area contributed by atoms with Crippen LogP contribution in [-0.4, -0.2) is 32.8 Å². The quantitative estimate of drug-likeness (QED) is 0.288. The number of ether oxygens (including phenoxy) is 1. The second kappa shape index (κ2) is 9.92. The van der Waals surface area contributed by atoms with Crippen LogP contribution in [0.5, 0.6) is 5.75 Å². The van der Waals surface area contributed by atoms with E-state index in [1.54, 1.807) is 0 Å². The highest BCUT2D eigenvalue weighted by atomic mass is 127. The molecule has 2 N–H and O–H groups in total. The summed E-state index contributed by atoms with van der Waals surface area (Å²) in [6, 6.07) is 3.46. The second-order valence-electron chi connectivity index (χ2n) is 4.74. The molecule has 0 saturated carbocycles. The number of nitrogens with one attached hydrogen (secondary N) is 2. The molecule has 0 heterocycles. The van der Waals surface area contributed by atoms with Crippen LogP contribution < -0.4 is 15.4 Å². The Morgan fingerprint density at radius 3 is 2.24 bits per heavy atom. The fraction of sp³-hybridized carbons (Fsp3) is 0.500. The van der Waals surface area contributed by atoms with Crippen LogP contribution in [0.25, 0.3) is 0 Å². The molecule has 0 radical (unpaired) electrons. The molecule has 0 aliphatic carbocycles. The number of rotatable bonds is 5. The summed E-state index contributed by atoms with van der Waals surface area (Å²) in [5.41, 5.74) is -0.970. The summed E-state index contributed by atoms with van der Waals surface area (Å²) in [6.07, 6.45) is -9.99. The van der Waals surface area contributed by atoms with E-state index in [-0.39, 0.29) is 47.8 Å². The molecule has 0 amide bonds. The molecule has 0 unspecified atom stereocenters. The molecule has 0 aliphatic rings. The first-order valence-corrected chi connectivity index (χ1v) is 6.82. The van der Waals surface area contributed by atoms with E-state index in [0.717, 1.165) is 6.07 Å². The molecular formula is C14H18F6IN3O. The van der Waals surface area contributed by atoms with Crippen molar-refractivity contribution in [3.05, 3.63) is 29.3 Å². The normalized spacial score (nSPS) is 12.4. The molecule has 0 fully saturated rings. The predicted octanol–water partition coefficient (Wildman–Crippen LogP) is 3.95. The zero-order valence-electron chi connectivity index (χ0n) is 13.4. The van der Waals surface area contributed by atoms with E-state index < -0.39 is 30.9 Å². The number of alkyl halides is 6. The van der Waals surface area contributed by atoms with Gasteiger partial charge in [0.05, 0.1) is 19.1 Å². The highest BCUT2D eigenvalue weighted by molar-refractivity contribution is 14.0. The molecule has 11 heteroatoms. The molecule has 0 atom stereocenters. The zero-order chi connectivity index (χ0) is 18.4. The van der Waals surface area contributed by atoms with Crippen LogP contribution in [0.1, 0.15) is 17.5 Å². The average Bonchev–Trinajstić information content (AvgIpc) is 2.48. The van der Waals surface area contributed by atoms with E-state index in [9.17, 15) is 26.3 Å². The molecule has 0 bridgehead atoms. The van der Waals surface area contributed by atoms with E-state index >= 15 is 0 Å². The van der Waals surface area contributed by atoms with Crippen LogP contribution in [0, 0.1) is 0 Å². The van der Waals surface area contributed by atoms with Crippen LogP contribution in [0.3, 0.4) is 0 Å². The van der Waals surface area contributed by atoms with Crippen molar-refractivity contribution in [3.63, 3.8) is 0 Å². The molecule has 1 aromatic rings. The molecule has 0 aromatic heterocycles. The number of methoxy groups -OCH3 is 1. The second-order valence-corrected chi connectivity index (χ2v) is 4.74. The summed E-state index contributed by atoms with van der Waals surface area (Å²) >= 11 is 0. The highest BCUT2D eigenvalue weighted by Crippen LogP contribution is 2.34. The molecule has 4 nitrogen and oxygen atoms in total. The number of halogens is 7. The van der Waals surface area contributed by atoms with Gasteiger partial charge in [0.15, 0.2) is 5.96 Å². The summed E-state index contributed by atoms with van der Waals surface area (Å²) in [4.78, 5) is 3.67. The van der Waals surface area contributed by atoms with Gasteiger partial charge < -0.3 is 15.4 Å². The van der Waals surface area contributed by atoms with Gasteiger partial charge in [0.25, 0.3) is 0 Å². The molecule has 0 spiro atoms. The smallest absolute Gasteiger partial charge is 0.416 e. The van der Waals surface area contributed by atoms with Crippen molar-refractivity contribution in [2.24, 2.45) is 4.99 Å². The number of aliphatic imine (C=N–C) groups is 1. The maximum absolute atomic E-state index is 13.1. The average molecular weight is 485 g/mol. The SMILES string of the molecule is CN=C(NCCC(F)(F)F)NCc1ccc(OC)cc1C(F)(F)F.I. The van der Waals surface area contributed by atoms with Gasteiger partial charge in [-0.1, -0.05) is 6.07 Å². The third-order valence-electron chi connectivity index (χ3n) is 2.99. The first-order valence-electron chi connectivity index (χ1n) is 6.82. The van der Waals surface area contributed by atoms with Crippen LogP contribution in [0.15, 0.2) is 23.2 Å². The summed E-state index contributed by atoms with van der Waals surface area (Å²) in [5.74, 6) is 0.0296. The highest BCUT2D eigenvalue weighted by Gasteiger charge is 2.33. The number of guanidine groups is 1. The van der Waals surface area contributed by atoms with Gasteiger partial charge in [0, 0.05) is 20.1 Å². The zero-order valence-corrected chi connectivity index (χ0v) is 15.7. The van der Waals surface area contributed by atoms with Crippen molar-refractivity contribution < 1.29 is 31.1 Å². The van der Waals surface area contributed by atoms with Gasteiger partial charge in [-0.3, -0.25) is 4.99 Å². The van der Waals surface area contributed by atoms with Crippen molar-refractivity contribution in [1.29, 1.82) is 0 Å². The molecule has 1 rings (SSSR count). The van der Waals surface area contributed by atoms with Gasteiger partial charge in [0.2, 0.25) is 0 Å². The minimum Gasteiger partial charge on any atom is -0.497 e. The van der Waals surface area contributed by atoms with Gasteiger partial charge in [-0.15, -0.1) is 24.0 Å². The first-order chi connectivity index (χ1) is 11.1. The number of hydrogen-bond donors (Lipinski definition) is 2. The Morgan fingerprint density at radius 1 is 1.12 bits per heavy atom. The lowest BCUT2D eigenvalue weighted by atomic mass is 10.1. The van der Waals surface area contributed by atoms with Crippen molar-refractivity contribution >= 4 is 29.9 Å². The molecular weight excluding hydrogens is 467 g/mol. The molecule has 0 saturated heterocycles. The van der Waals surface area contributed by atoms with Crippen molar-refractivity contribution in [3.8, 4) is 5.75 Å². The Morgan fingerprint density at radius 2 is 1.76 bits per heavy atom. The van der Waals surface area contributed by atoms with Gasteiger partial charge in [-0.25, -0.2) is 0 Å². The molecule has 1 aromatic carbocycles. The maximum atomic E-state index is 13.1. The monoisotopic (exact) mass is 485 g/mol. The summed E-state index contributed by atoms with van der Waals surface area (Å²) in [5, 5.41) is 4.94. The van der Waals surface area contributed by atoms with E-state index in [2.05, 4.69) is 15.6 Å². The first kappa shape index (κ1) is 23.6. The molecule has 0 aliphatic heterocycles.